The number of fused-ring (bicyclic) bond motifs is 1. The molecule has 0 saturated heterocycles. The van der Waals surface area contributed by atoms with Crippen molar-refractivity contribution >= 4 is 8.07 Å². The molecule has 1 aliphatic rings. The van der Waals surface area contributed by atoms with E-state index >= 15 is 0 Å². The van der Waals surface area contributed by atoms with Gasteiger partial charge in [0.15, 0.2) is 0 Å². The summed E-state index contributed by atoms with van der Waals surface area (Å²) < 4.78 is 0. The minimum absolute atomic E-state index is 0. The molecule has 2 heteroatoms. The van der Waals surface area contributed by atoms with E-state index in [2.05, 4.69) is 32.6 Å². The van der Waals surface area contributed by atoms with E-state index in [9.17, 15) is 0 Å². The minimum Gasteiger partial charge on any atom is -0.358 e. The molecule has 0 saturated carbocycles. The second kappa shape index (κ2) is 9.26. The van der Waals surface area contributed by atoms with Crippen LogP contribution in [0.15, 0.2) is 6.07 Å². The zero-order valence-electron chi connectivity index (χ0n) is 14.1. The quantitative estimate of drug-likeness (QED) is 0.509. The Hall–Kier alpha value is 0.281. The van der Waals surface area contributed by atoms with Crippen molar-refractivity contribution in [2.45, 2.75) is 58.3 Å². The topological polar surface area (TPSA) is 0 Å². The summed E-state index contributed by atoms with van der Waals surface area (Å²) in [6, 6.07) is 3.85. The van der Waals surface area contributed by atoms with Gasteiger partial charge in [0.2, 0.25) is 0 Å². The van der Waals surface area contributed by atoms with Crippen LogP contribution < -0.4 is 0 Å². The van der Waals surface area contributed by atoms with E-state index in [4.69, 9.17) is 0 Å². The van der Waals surface area contributed by atoms with Crippen LogP contribution in [0.4, 0.5) is 0 Å². The summed E-state index contributed by atoms with van der Waals surface area (Å²) in [5, 5.41) is 0. The number of hydrogen-bond donors (Lipinski definition) is 0. The van der Waals surface area contributed by atoms with Gasteiger partial charge in [0.25, 0.3) is 0 Å². The van der Waals surface area contributed by atoms with Gasteiger partial charge in [-0.2, -0.15) is 22.3 Å². The van der Waals surface area contributed by atoms with Crippen molar-refractivity contribution in [1.82, 2.24) is 0 Å². The van der Waals surface area contributed by atoms with E-state index in [1.54, 1.807) is 22.3 Å². The van der Waals surface area contributed by atoms with Gasteiger partial charge in [-0.3, -0.25) is 0 Å². The molecule has 19 heavy (non-hydrogen) atoms. The van der Waals surface area contributed by atoms with Crippen molar-refractivity contribution in [3.05, 3.63) is 50.6 Å². The monoisotopic (exact) mass is 312 g/mol. The van der Waals surface area contributed by atoms with Crippen molar-refractivity contribution in [3.8, 4) is 0 Å². The van der Waals surface area contributed by atoms with Crippen LogP contribution in [0, 0.1) is 29.2 Å². The van der Waals surface area contributed by atoms with E-state index in [0.717, 1.165) is 0 Å². The van der Waals surface area contributed by atoms with Gasteiger partial charge >= 0.3 is 21.7 Å². The summed E-state index contributed by atoms with van der Waals surface area (Å²) in [5.41, 5.74) is 6.71. The van der Waals surface area contributed by atoms with Gasteiger partial charge in [-0.05, 0) is 0 Å². The average Bonchev–Trinajstić information content (AvgIpc) is 2.41. The first kappa shape index (κ1) is 24.3. The van der Waals surface area contributed by atoms with Gasteiger partial charge in [0.1, 0.15) is 0 Å². The predicted molar refractivity (Wildman–Crippen MR) is 89.7 cm³/mol. The third-order valence-corrected chi connectivity index (χ3v) is 4.86. The van der Waals surface area contributed by atoms with Gasteiger partial charge in [-0.15, -0.1) is 0 Å². The molecular weight excluding hydrogens is 280 g/mol. The fraction of sp³-hybridized carbons (Fsp3) is 0.529. The van der Waals surface area contributed by atoms with E-state index in [1.807, 2.05) is 0 Å². The minimum atomic E-state index is -0.952. The van der Waals surface area contributed by atoms with E-state index < -0.39 is 8.07 Å². The van der Waals surface area contributed by atoms with E-state index in [0.29, 0.717) is 0 Å². The molecule has 0 bridgehead atoms. The molecule has 0 N–H and O–H groups in total. The average molecular weight is 312 g/mol. The van der Waals surface area contributed by atoms with Crippen LogP contribution in [0.1, 0.15) is 35.1 Å². The number of rotatable bonds is 2. The smallest absolute Gasteiger partial charge is 0.358 e. The molecule has 0 spiro atoms. The fourth-order valence-electron chi connectivity index (χ4n) is 2.80. The van der Waals surface area contributed by atoms with E-state index in [-0.39, 0.29) is 44.0 Å². The number of aryl methyl sites for hydroxylation is 2. The first-order valence-corrected chi connectivity index (χ1v) is 9.95. The third kappa shape index (κ3) is 6.06. The van der Waals surface area contributed by atoms with Crippen molar-refractivity contribution in [2.75, 3.05) is 0 Å². The second-order valence-corrected chi connectivity index (χ2v) is 11.7. The molecule has 0 aromatic heterocycles. The third-order valence-electron chi connectivity index (χ3n) is 3.45. The molecule has 0 atom stereocenters. The zero-order chi connectivity index (χ0) is 11.1. The zero-order valence-corrected chi connectivity index (χ0v) is 16.7. The Kier molecular flexibility index (Phi) is 11.8. The van der Waals surface area contributed by atoms with Crippen molar-refractivity contribution in [1.29, 1.82) is 0 Å². The van der Waals surface area contributed by atoms with Crippen LogP contribution in [-0.2, 0) is 40.6 Å². The molecule has 1 aliphatic carbocycles. The maximum absolute atomic E-state index is 2.48. The van der Waals surface area contributed by atoms with Gasteiger partial charge < -0.3 is 22.3 Å². The van der Waals surface area contributed by atoms with Crippen LogP contribution in [0.2, 0.25) is 19.6 Å². The molecule has 0 fully saturated rings. The molecule has 0 radical (unpaired) electrons. The van der Waals surface area contributed by atoms with Crippen molar-refractivity contribution < 1.29 is 21.7 Å². The summed E-state index contributed by atoms with van der Waals surface area (Å²) in [7, 11) is -0.952. The fourth-order valence-corrected chi connectivity index (χ4v) is 4.35. The number of hydrogen-bond acceptors (Lipinski definition) is 0. The molecule has 0 aliphatic heterocycles. The summed E-state index contributed by atoms with van der Waals surface area (Å²) >= 11 is 0. The van der Waals surface area contributed by atoms with Crippen LogP contribution in [-0.4, -0.2) is 8.07 Å². The van der Waals surface area contributed by atoms with Crippen molar-refractivity contribution in [3.63, 3.8) is 0 Å². The molecule has 0 unspecified atom stereocenters. The van der Waals surface area contributed by atoms with Gasteiger partial charge in [-0.1, -0.05) is 58.3 Å². The largest absolute Gasteiger partial charge is 4.00 e. The van der Waals surface area contributed by atoms with Crippen LogP contribution >= 0.6 is 0 Å². The maximum Gasteiger partial charge on any atom is 4.00 e. The van der Waals surface area contributed by atoms with Gasteiger partial charge in [0, 0.05) is 8.07 Å². The Morgan fingerprint density at radius 1 is 1.05 bits per heavy atom. The van der Waals surface area contributed by atoms with Crippen LogP contribution in [0.5, 0.6) is 0 Å². The molecule has 1 aromatic rings. The Labute approximate surface area is 138 Å². The standard InChI is InChI=1S/C14H23Si.3CH3.Ti/c1-11-9-12-7-5-6-8-13(12)14(11)10-15(2,3)4;;;;/h9H,5-8,10H2,1-4H3;3*1H3;/q4*-1;+4. The van der Waals surface area contributed by atoms with Crippen molar-refractivity contribution in [2.24, 2.45) is 0 Å². The summed E-state index contributed by atoms with van der Waals surface area (Å²) in [4.78, 5) is 0. The maximum atomic E-state index is 2.48. The normalized spacial score (nSPS) is 13.1. The first-order chi connectivity index (χ1) is 6.97. The Bertz CT molecular complexity index is 358. The Morgan fingerprint density at radius 3 is 2.11 bits per heavy atom. The molecule has 1 aromatic carbocycles. The SMILES string of the molecule is Cc1cc2c([c-]1C[Si](C)(C)C)CCCC2.[CH3-].[CH3-].[CH3-].[Ti+4]. The molecule has 2 rings (SSSR count). The molecular formula is C17H32SiTi. The summed E-state index contributed by atoms with van der Waals surface area (Å²) in [5.74, 6) is 0. The first-order valence-electron chi connectivity index (χ1n) is 6.24. The summed E-state index contributed by atoms with van der Waals surface area (Å²) in [6.45, 7) is 9.76. The van der Waals surface area contributed by atoms with E-state index in [1.165, 1.54) is 31.7 Å². The molecule has 0 amide bonds. The molecule has 0 heterocycles. The second-order valence-electron chi connectivity index (χ2n) is 6.25. The van der Waals surface area contributed by atoms with Gasteiger partial charge in [-0.25, -0.2) is 6.07 Å². The molecule has 108 valence electrons. The molecule has 0 nitrogen and oxygen atoms in total. The van der Waals surface area contributed by atoms with Crippen LogP contribution in [0.25, 0.3) is 0 Å². The van der Waals surface area contributed by atoms with Crippen LogP contribution in [0.3, 0.4) is 0 Å². The Morgan fingerprint density at radius 2 is 1.58 bits per heavy atom. The Balaban J connectivity index is -0.000000640. The summed E-state index contributed by atoms with van der Waals surface area (Å²) in [6.07, 6.45) is 5.50. The van der Waals surface area contributed by atoms with Gasteiger partial charge in [0.05, 0.1) is 0 Å². The predicted octanol–water partition coefficient (Wildman–Crippen LogP) is 5.36.